The summed E-state index contributed by atoms with van der Waals surface area (Å²) in [4.78, 5) is 15.7. The Morgan fingerprint density at radius 3 is 2.65 bits per heavy atom. The van der Waals surface area contributed by atoms with Gasteiger partial charge in [-0.2, -0.15) is 8.46 Å². The number of halogens is 1. The van der Waals surface area contributed by atoms with Gasteiger partial charge in [-0.15, -0.1) is 0 Å². The summed E-state index contributed by atoms with van der Waals surface area (Å²) < 4.78 is 0. The molecule has 20 heavy (non-hydrogen) atoms. The van der Waals surface area contributed by atoms with Crippen LogP contribution in [0.15, 0.2) is 23.1 Å². The molecule has 0 aromatic heterocycles. The molecular weight excluding hydrogens is 334 g/mol. The maximum absolute atomic E-state index is 12.0. The van der Waals surface area contributed by atoms with Crippen LogP contribution in [0.2, 0.25) is 0 Å². The van der Waals surface area contributed by atoms with Gasteiger partial charge in [-0.05, 0) is 52.1 Å². The van der Waals surface area contributed by atoms with Crippen molar-refractivity contribution in [3.8, 4) is 0 Å². The van der Waals surface area contributed by atoms with Gasteiger partial charge in [0.15, 0.2) is 5.78 Å². The predicted molar refractivity (Wildman–Crippen MR) is 91.6 cm³/mol. The summed E-state index contributed by atoms with van der Waals surface area (Å²) in [5, 5.41) is 0. The molecule has 1 heterocycles. The normalized spacial score (nSPS) is 29.9. The fraction of sp³-hybridized carbons (Fsp3) is 0.562. The topological polar surface area (TPSA) is 20.3 Å². The summed E-state index contributed by atoms with van der Waals surface area (Å²) in [7, 11) is 1.10. The highest BCUT2D eigenvalue weighted by Crippen LogP contribution is 2.65. The number of Topliss-reactive ketones (excluding diaryl/α,β-unsaturated/α-hetero) is 1. The number of fused-ring (bicyclic) bond motifs is 1. The molecule has 3 rings (SSSR count). The lowest BCUT2D eigenvalue weighted by Gasteiger charge is -2.34. The van der Waals surface area contributed by atoms with Crippen molar-refractivity contribution in [3.63, 3.8) is 0 Å². The molecule has 0 amide bonds. The lowest BCUT2D eigenvalue weighted by atomic mass is 9.94. The highest BCUT2D eigenvalue weighted by molar-refractivity contribution is 9.58. The maximum atomic E-state index is 12.0. The van der Waals surface area contributed by atoms with E-state index in [1.54, 1.807) is 0 Å². The second-order valence-corrected chi connectivity index (χ2v) is 13.1. The third-order valence-corrected chi connectivity index (χ3v) is 8.45. The number of carbonyl (C=O) groups is 1. The molecule has 0 N–H and O–H groups in total. The molecule has 0 saturated heterocycles. The lowest BCUT2D eigenvalue weighted by molar-refractivity contribution is 0.102. The van der Waals surface area contributed by atoms with E-state index in [0.29, 0.717) is 17.6 Å². The van der Waals surface area contributed by atoms with E-state index in [-0.39, 0.29) is 0 Å². The Bertz CT molecular complexity index is 537. The predicted octanol–water partition coefficient (Wildman–Crippen LogP) is 4.76. The summed E-state index contributed by atoms with van der Waals surface area (Å²) in [6, 6.07) is 7.07. The first-order chi connectivity index (χ1) is 9.49. The molecule has 1 aromatic rings. The summed E-state index contributed by atoms with van der Waals surface area (Å²) in [6.45, 7) is 0. The van der Waals surface area contributed by atoms with Crippen LogP contribution in [0.5, 0.6) is 0 Å². The van der Waals surface area contributed by atoms with Gasteiger partial charge in [-0.3, -0.25) is 4.79 Å². The van der Waals surface area contributed by atoms with Crippen LogP contribution < -0.4 is 4.90 Å². The van der Waals surface area contributed by atoms with Gasteiger partial charge < -0.3 is 4.90 Å². The highest BCUT2D eigenvalue weighted by atomic mass is 79.9. The SMILES string of the molecule is CN(c1ccc2c(c1)S(C)(Br)CC2=O)C1CCCCC1. The van der Waals surface area contributed by atoms with E-state index in [1.807, 2.05) is 6.07 Å². The zero-order chi connectivity index (χ0) is 14.3. The van der Waals surface area contributed by atoms with Crippen molar-refractivity contribution in [1.29, 1.82) is 0 Å². The Kier molecular flexibility index (Phi) is 3.89. The minimum Gasteiger partial charge on any atom is -0.372 e. The number of carbonyl (C=O) groups excluding carboxylic acids is 1. The van der Waals surface area contributed by atoms with E-state index >= 15 is 0 Å². The minimum atomic E-state index is -1.11. The third-order valence-electron chi connectivity index (χ3n) is 4.66. The average molecular weight is 356 g/mol. The Morgan fingerprint density at radius 1 is 1.25 bits per heavy atom. The number of anilines is 1. The molecule has 0 bridgehead atoms. The average Bonchev–Trinajstić information content (AvgIpc) is 2.68. The molecule has 1 aliphatic heterocycles. The van der Waals surface area contributed by atoms with Gasteiger partial charge >= 0.3 is 0 Å². The molecule has 0 radical (unpaired) electrons. The Hall–Kier alpha value is -0.480. The van der Waals surface area contributed by atoms with E-state index in [9.17, 15) is 4.79 Å². The van der Waals surface area contributed by atoms with Crippen molar-refractivity contribution in [2.75, 3.05) is 24.0 Å². The molecule has 1 unspecified atom stereocenters. The lowest BCUT2D eigenvalue weighted by Crippen LogP contribution is -2.33. The van der Waals surface area contributed by atoms with Gasteiger partial charge in [0.25, 0.3) is 0 Å². The number of hydrogen-bond donors (Lipinski definition) is 0. The van der Waals surface area contributed by atoms with Gasteiger partial charge in [-0.1, -0.05) is 19.3 Å². The summed E-state index contributed by atoms with van der Waals surface area (Å²) in [6.07, 6.45) is 8.85. The van der Waals surface area contributed by atoms with Gasteiger partial charge in [0, 0.05) is 29.2 Å². The maximum Gasteiger partial charge on any atom is 0.173 e. The molecule has 1 fully saturated rings. The molecule has 0 spiro atoms. The first kappa shape index (κ1) is 14.5. The van der Waals surface area contributed by atoms with Crippen molar-refractivity contribution in [2.45, 2.75) is 43.0 Å². The van der Waals surface area contributed by atoms with E-state index in [4.69, 9.17) is 0 Å². The van der Waals surface area contributed by atoms with Crippen LogP contribution in [0.1, 0.15) is 42.5 Å². The van der Waals surface area contributed by atoms with Crippen LogP contribution in [-0.2, 0) is 0 Å². The molecule has 1 aliphatic carbocycles. The van der Waals surface area contributed by atoms with E-state index in [1.165, 1.54) is 42.7 Å². The first-order valence-electron chi connectivity index (χ1n) is 7.35. The van der Waals surface area contributed by atoms with Gasteiger partial charge in [0.05, 0.1) is 5.75 Å². The zero-order valence-electron chi connectivity index (χ0n) is 12.2. The monoisotopic (exact) mass is 355 g/mol. The molecule has 1 atom stereocenters. The van der Waals surface area contributed by atoms with E-state index in [2.05, 4.69) is 45.1 Å². The second-order valence-electron chi connectivity index (χ2n) is 6.13. The van der Waals surface area contributed by atoms with Crippen LogP contribution in [0.25, 0.3) is 0 Å². The molecule has 2 nitrogen and oxygen atoms in total. The highest BCUT2D eigenvalue weighted by Gasteiger charge is 2.34. The smallest absolute Gasteiger partial charge is 0.173 e. The minimum absolute atomic E-state index is 0.293. The van der Waals surface area contributed by atoms with Gasteiger partial charge in [-0.25, -0.2) is 0 Å². The van der Waals surface area contributed by atoms with Crippen LogP contribution in [0, 0.1) is 0 Å². The van der Waals surface area contributed by atoms with Crippen molar-refractivity contribution in [3.05, 3.63) is 23.8 Å². The first-order valence-corrected chi connectivity index (χ1v) is 11.4. The third kappa shape index (κ3) is 2.52. The zero-order valence-corrected chi connectivity index (χ0v) is 14.6. The number of benzene rings is 1. The van der Waals surface area contributed by atoms with Crippen LogP contribution in [-0.4, -0.2) is 30.9 Å². The second kappa shape index (κ2) is 5.38. The quantitative estimate of drug-likeness (QED) is 0.762. The van der Waals surface area contributed by atoms with Crippen molar-refractivity contribution in [1.82, 2.24) is 0 Å². The Labute approximate surface area is 130 Å². The fourth-order valence-corrected chi connectivity index (χ4v) is 6.63. The standard InChI is InChI=1S/C16H22BrNOS/c1-18(12-6-4-3-5-7-12)13-8-9-14-15(19)11-20(2,17)16(14)10-13/h8-10,12H,3-7,11H2,1-2H3. The Morgan fingerprint density at radius 2 is 1.95 bits per heavy atom. The van der Waals surface area contributed by atoms with Crippen molar-refractivity contribution in [2.24, 2.45) is 0 Å². The summed E-state index contributed by atoms with van der Waals surface area (Å²) in [5.41, 5.74) is 2.20. The number of ketones is 1. The van der Waals surface area contributed by atoms with Crippen LogP contribution in [0.4, 0.5) is 5.69 Å². The van der Waals surface area contributed by atoms with E-state index < -0.39 is 8.46 Å². The van der Waals surface area contributed by atoms with Crippen LogP contribution >= 0.6 is 23.3 Å². The number of rotatable bonds is 2. The van der Waals surface area contributed by atoms with Gasteiger partial charge in [0.1, 0.15) is 0 Å². The summed E-state index contributed by atoms with van der Waals surface area (Å²) >= 11 is 3.80. The van der Waals surface area contributed by atoms with Crippen molar-refractivity contribution < 1.29 is 4.79 Å². The molecule has 1 saturated carbocycles. The van der Waals surface area contributed by atoms with E-state index in [0.717, 1.165) is 5.56 Å². The number of nitrogens with zero attached hydrogens (tertiary/aromatic N) is 1. The fourth-order valence-electron chi connectivity index (χ4n) is 3.39. The van der Waals surface area contributed by atoms with Gasteiger partial charge in [0.2, 0.25) is 0 Å². The summed E-state index contributed by atoms with van der Waals surface area (Å²) in [5.74, 6) is 0.945. The molecule has 110 valence electrons. The number of hydrogen-bond acceptors (Lipinski definition) is 2. The molecular formula is C16H22BrNOS. The Balaban J connectivity index is 1.90. The molecule has 4 heteroatoms. The largest absolute Gasteiger partial charge is 0.372 e. The molecule has 1 aromatic carbocycles. The van der Waals surface area contributed by atoms with Crippen molar-refractivity contribution >= 4 is 34.7 Å². The molecule has 2 aliphatic rings. The van der Waals surface area contributed by atoms with Crippen LogP contribution in [0.3, 0.4) is 0 Å².